The van der Waals surface area contributed by atoms with Crippen LogP contribution in [0.4, 0.5) is 5.69 Å². The van der Waals surface area contributed by atoms with Crippen molar-refractivity contribution in [3.63, 3.8) is 0 Å². The third kappa shape index (κ3) is 3.50. The predicted molar refractivity (Wildman–Crippen MR) is 83.2 cm³/mol. The van der Waals surface area contributed by atoms with Gasteiger partial charge in [0.1, 0.15) is 5.75 Å². The SMILES string of the molecule is COc1cncc(N(Cc2ccccc2)C(C)(C)C)c1. The van der Waals surface area contributed by atoms with Crippen LogP contribution in [-0.2, 0) is 6.54 Å². The van der Waals surface area contributed by atoms with Crippen LogP contribution in [0.2, 0.25) is 0 Å². The van der Waals surface area contributed by atoms with Crippen LogP contribution in [0.5, 0.6) is 5.75 Å². The van der Waals surface area contributed by atoms with Gasteiger partial charge in [0.2, 0.25) is 0 Å². The molecule has 0 unspecified atom stereocenters. The first-order chi connectivity index (χ1) is 9.50. The molecule has 3 heteroatoms. The summed E-state index contributed by atoms with van der Waals surface area (Å²) in [6, 6.07) is 12.5. The van der Waals surface area contributed by atoms with Crippen LogP contribution < -0.4 is 9.64 Å². The van der Waals surface area contributed by atoms with Crippen LogP contribution in [0.3, 0.4) is 0 Å². The highest BCUT2D eigenvalue weighted by atomic mass is 16.5. The molecular formula is C17H22N2O. The Morgan fingerprint density at radius 2 is 1.80 bits per heavy atom. The largest absolute Gasteiger partial charge is 0.495 e. The van der Waals surface area contributed by atoms with Crippen molar-refractivity contribution in [1.82, 2.24) is 4.98 Å². The van der Waals surface area contributed by atoms with Crippen LogP contribution in [0, 0.1) is 0 Å². The standard InChI is InChI=1S/C17H22N2O/c1-17(2,3)19(13-14-8-6-5-7-9-14)15-10-16(20-4)12-18-11-15/h5-12H,13H2,1-4H3. The van der Waals surface area contributed by atoms with E-state index in [2.05, 4.69) is 54.9 Å². The maximum atomic E-state index is 5.28. The summed E-state index contributed by atoms with van der Waals surface area (Å²) >= 11 is 0. The van der Waals surface area contributed by atoms with E-state index in [1.54, 1.807) is 13.3 Å². The second kappa shape index (κ2) is 5.95. The van der Waals surface area contributed by atoms with Gasteiger partial charge < -0.3 is 9.64 Å². The van der Waals surface area contributed by atoms with E-state index in [4.69, 9.17) is 4.74 Å². The molecule has 2 rings (SSSR count). The zero-order chi connectivity index (χ0) is 14.6. The lowest BCUT2D eigenvalue weighted by molar-refractivity contribution is 0.412. The zero-order valence-electron chi connectivity index (χ0n) is 12.6. The molecule has 0 amide bonds. The fraction of sp³-hybridized carbons (Fsp3) is 0.353. The first kappa shape index (κ1) is 14.4. The molecule has 0 saturated carbocycles. The molecule has 0 aliphatic carbocycles. The fourth-order valence-electron chi connectivity index (χ4n) is 2.15. The molecule has 1 aromatic heterocycles. The Hall–Kier alpha value is -2.03. The van der Waals surface area contributed by atoms with Crippen molar-refractivity contribution in [1.29, 1.82) is 0 Å². The normalized spacial score (nSPS) is 11.2. The zero-order valence-corrected chi connectivity index (χ0v) is 12.6. The number of anilines is 1. The van der Waals surface area contributed by atoms with Crippen molar-refractivity contribution in [2.24, 2.45) is 0 Å². The lowest BCUT2D eigenvalue weighted by Crippen LogP contribution is -2.41. The number of nitrogens with zero attached hydrogens (tertiary/aromatic N) is 2. The van der Waals surface area contributed by atoms with E-state index >= 15 is 0 Å². The van der Waals surface area contributed by atoms with E-state index in [0.717, 1.165) is 18.0 Å². The van der Waals surface area contributed by atoms with Crippen molar-refractivity contribution >= 4 is 5.69 Å². The molecule has 0 fully saturated rings. The minimum Gasteiger partial charge on any atom is -0.495 e. The van der Waals surface area contributed by atoms with Gasteiger partial charge in [0, 0.05) is 18.2 Å². The molecule has 0 N–H and O–H groups in total. The summed E-state index contributed by atoms with van der Waals surface area (Å²) in [5, 5.41) is 0. The number of aromatic nitrogens is 1. The second-order valence-corrected chi connectivity index (χ2v) is 5.83. The van der Waals surface area contributed by atoms with Gasteiger partial charge in [-0.1, -0.05) is 30.3 Å². The van der Waals surface area contributed by atoms with E-state index in [1.807, 2.05) is 18.3 Å². The number of pyridine rings is 1. The van der Waals surface area contributed by atoms with Crippen molar-refractivity contribution in [3.8, 4) is 5.75 Å². The van der Waals surface area contributed by atoms with E-state index in [9.17, 15) is 0 Å². The molecule has 106 valence electrons. The first-order valence-corrected chi connectivity index (χ1v) is 6.81. The van der Waals surface area contributed by atoms with E-state index in [-0.39, 0.29) is 5.54 Å². The highest BCUT2D eigenvalue weighted by Crippen LogP contribution is 2.28. The Balaban J connectivity index is 2.33. The Morgan fingerprint density at radius 3 is 2.40 bits per heavy atom. The van der Waals surface area contributed by atoms with Crippen molar-refractivity contribution in [2.45, 2.75) is 32.9 Å². The van der Waals surface area contributed by atoms with Gasteiger partial charge in [0.15, 0.2) is 0 Å². The van der Waals surface area contributed by atoms with Gasteiger partial charge in [0.25, 0.3) is 0 Å². The molecule has 20 heavy (non-hydrogen) atoms. The molecule has 0 aliphatic heterocycles. The maximum absolute atomic E-state index is 5.28. The van der Waals surface area contributed by atoms with Gasteiger partial charge in [0.05, 0.1) is 25.2 Å². The Morgan fingerprint density at radius 1 is 1.10 bits per heavy atom. The lowest BCUT2D eigenvalue weighted by Gasteiger charge is -2.37. The number of hydrogen-bond acceptors (Lipinski definition) is 3. The van der Waals surface area contributed by atoms with Gasteiger partial charge in [-0.3, -0.25) is 4.98 Å². The molecule has 2 aromatic rings. The van der Waals surface area contributed by atoms with Gasteiger partial charge >= 0.3 is 0 Å². The number of ether oxygens (including phenoxy) is 1. The summed E-state index contributed by atoms with van der Waals surface area (Å²) in [4.78, 5) is 6.60. The average molecular weight is 270 g/mol. The summed E-state index contributed by atoms with van der Waals surface area (Å²) < 4.78 is 5.28. The van der Waals surface area contributed by atoms with Gasteiger partial charge in [-0.2, -0.15) is 0 Å². The highest BCUT2D eigenvalue weighted by molar-refractivity contribution is 5.50. The summed E-state index contributed by atoms with van der Waals surface area (Å²) in [6.07, 6.45) is 3.61. The van der Waals surface area contributed by atoms with Crippen molar-refractivity contribution < 1.29 is 4.74 Å². The molecule has 0 atom stereocenters. The van der Waals surface area contributed by atoms with Gasteiger partial charge in [-0.25, -0.2) is 0 Å². The van der Waals surface area contributed by atoms with E-state index in [0.29, 0.717) is 0 Å². The highest BCUT2D eigenvalue weighted by Gasteiger charge is 2.22. The van der Waals surface area contributed by atoms with Crippen LogP contribution in [-0.4, -0.2) is 17.6 Å². The van der Waals surface area contributed by atoms with E-state index < -0.39 is 0 Å². The van der Waals surface area contributed by atoms with Gasteiger partial charge in [-0.05, 0) is 26.3 Å². The Bertz CT molecular complexity index is 546. The van der Waals surface area contributed by atoms with Crippen LogP contribution in [0.1, 0.15) is 26.3 Å². The fourth-order valence-corrected chi connectivity index (χ4v) is 2.15. The minimum absolute atomic E-state index is 0.00386. The monoisotopic (exact) mass is 270 g/mol. The maximum Gasteiger partial charge on any atom is 0.139 e. The average Bonchev–Trinajstić information content (AvgIpc) is 2.45. The van der Waals surface area contributed by atoms with Gasteiger partial charge in [-0.15, -0.1) is 0 Å². The molecule has 0 spiro atoms. The second-order valence-electron chi connectivity index (χ2n) is 5.83. The van der Waals surface area contributed by atoms with Crippen molar-refractivity contribution in [2.75, 3.05) is 12.0 Å². The molecule has 3 nitrogen and oxygen atoms in total. The summed E-state index contributed by atoms with van der Waals surface area (Å²) in [5.41, 5.74) is 2.36. The molecule has 0 radical (unpaired) electrons. The molecular weight excluding hydrogens is 248 g/mol. The molecule has 1 heterocycles. The Kier molecular flexibility index (Phi) is 4.28. The van der Waals surface area contributed by atoms with Crippen LogP contribution in [0.15, 0.2) is 48.8 Å². The quantitative estimate of drug-likeness (QED) is 0.842. The molecule has 0 bridgehead atoms. The topological polar surface area (TPSA) is 25.4 Å². The first-order valence-electron chi connectivity index (χ1n) is 6.81. The van der Waals surface area contributed by atoms with Crippen LogP contribution in [0.25, 0.3) is 0 Å². The number of hydrogen-bond donors (Lipinski definition) is 0. The number of methoxy groups -OCH3 is 1. The Labute approximate surface area is 121 Å². The molecule has 0 aliphatic rings. The third-order valence-electron chi connectivity index (χ3n) is 3.24. The van der Waals surface area contributed by atoms with E-state index in [1.165, 1.54) is 5.56 Å². The molecule has 0 saturated heterocycles. The minimum atomic E-state index is 0.00386. The number of benzene rings is 1. The third-order valence-corrected chi connectivity index (χ3v) is 3.24. The van der Waals surface area contributed by atoms with Crippen LogP contribution >= 0.6 is 0 Å². The summed E-state index contributed by atoms with van der Waals surface area (Å²) in [7, 11) is 1.67. The predicted octanol–water partition coefficient (Wildman–Crippen LogP) is 3.90. The van der Waals surface area contributed by atoms with Crippen molar-refractivity contribution in [3.05, 3.63) is 54.4 Å². The number of rotatable bonds is 4. The lowest BCUT2D eigenvalue weighted by atomic mass is 10.0. The smallest absolute Gasteiger partial charge is 0.139 e. The molecule has 1 aromatic carbocycles. The summed E-state index contributed by atoms with van der Waals surface area (Å²) in [6.45, 7) is 7.46. The summed E-state index contributed by atoms with van der Waals surface area (Å²) in [5.74, 6) is 0.782.